The predicted octanol–water partition coefficient (Wildman–Crippen LogP) is 2.31. The van der Waals surface area contributed by atoms with Crippen molar-refractivity contribution in [3.05, 3.63) is 23.8 Å². The molecule has 126 valence electrons. The standard InChI is InChI=1S/C18H27N3O2/c1-12-9-14(12)21-17(19-4)20-11-18(2,3)13-5-6-15-16(10-13)23-8-7-22-15/h5-6,10,12,14H,7-9,11H2,1-4H3,(H2,19,20,21). The Balaban J connectivity index is 1.63. The monoisotopic (exact) mass is 317 g/mol. The van der Waals surface area contributed by atoms with Gasteiger partial charge in [-0.25, -0.2) is 0 Å². The zero-order chi connectivity index (χ0) is 16.4. The second-order valence-corrected chi connectivity index (χ2v) is 7.13. The first-order chi connectivity index (χ1) is 11.0. The van der Waals surface area contributed by atoms with Crippen LogP contribution in [-0.4, -0.2) is 38.8 Å². The predicted molar refractivity (Wildman–Crippen MR) is 92.5 cm³/mol. The molecule has 0 spiro atoms. The van der Waals surface area contributed by atoms with E-state index < -0.39 is 0 Å². The van der Waals surface area contributed by atoms with E-state index in [2.05, 4.69) is 48.5 Å². The molecule has 1 heterocycles. The minimum atomic E-state index is -0.0391. The largest absolute Gasteiger partial charge is 0.486 e. The molecular weight excluding hydrogens is 290 g/mol. The van der Waals surface area contributed by atoms with Gasteiger partial charge in [0.15, 0.2) is 17.5 Å². The van der Waals surface area contributed by atoms with E-state index in [0.29, 0.717) is 19.3 Å². The molecular formula is C18H27N3O2. The topological polar surface area (TPSA) is 54.9 Å². The second-order valence-electron chi connectivity index (χ2n) is 7.13. The first-order valence-corrected chi connectivity index (χ1v) is 8.37. The van der Waals surface area contributed by atoms with Gasteiger partial charge in [-0.15, -0.1) is 0 Å². The third-order valence-electron chi connectivity index (χ3n) is 4.68. The van der Waals surface area contributed by atoms with Crippen molar-refractivity contribution >= 4 is 5.96 Å². The number of hydrogen-bond donors (Lipinski definition) is 2. The summed E-state index contributed by atoms with van der Waals surface area (Å²) < 4.78 is 11.3. The van der Waals surface area contributed by atoms with Gasteiger partial charge < -0.3 is 20.1 Å². The highest BCUT2D eigenvalue weighted by Crippen LogP contribution is 2.35. The summed E-state index contributed by atoms with van der Waals surface area (Å²) in [4.78, 5) is 4.32. The SMILES string of the molecule is CN=C(NCC(C)(C)c1ccc2c(c1)OCCO2)NC1CC1C. The van der Waals surface area contributed by atoms with Crippen LogP contribution in [0.1, 0.15) is 32.8 Å². The smallest absolute Gasteiger partial charge is 0.191 e. The maximum absolute atomic E-state index is 5.70. The van der Waals surface area contributed by atoms with Crippen LogP contribution in [-0.2, 0) is 5.41 Å². The second kappa shape index (κ2) is 6.30. The van der Waals surface area contributed by atoms with Crippen LogP contribution in [0.4, 0.5) is 0 Å². The van der Waals surface area contributed by atoms with E-state index in [0.717, 1.165) is 29.9 Å². The van der Waals surface area contributed by atoms with E-state index in [-0.39, 0.29) is 5.41 Å². The number of aliphatic imine (C=N–C) groups is 1. The lowest BCUT2D eigenvalue weighted by atomic mass is 9.84. The molecule has 1 aromatic carbocycles. The quantitative estimate of drug-likeness (QED) is 0.661. The van der Waals surface area contributed by atoms with Crippen LogP contribution in [0.2, 0.25) is 0 Å². The highest BCUT2D eigenvalue weighted by atomic mass is 16.6. The molecule has 5 nitrogen and oxygen atoms in total. The van der Waals surface area contributed by atoms with E-state index in [1.165, 1.54) is 12.0 Å². The van der Waals surface area contributed by atoms with Crippen molar-refractivity contribution < 1.29 is 9.47 Å². The van der Waals surface area contributed by atoms with Crippen molar-refractivity contribution in [2.24, 2.45) is 10.9 Å². The number of nitrogens with one attached hydrogen (secondary N) is 2. The van der Waals surface area contributed by atoms with Gasteiger partial charge in [-0.05, 0) is 30.0 Å². The van der Waals surface area contributed by atoms with Crippen molar-refractivity contribution in [1.29, 1.82) is 0 Å². The van der Waals surface area contributed by atoms with Crippen LogP contribution in [0.5, 0.6) is 11.5 Å². The first kappa shape index (κ1) is 16.0. The zero-order valence-electron chi connectivity index (χ0n) is 14.5. The van der Waals surface area contributed by atoms with Crippen molar-refractivity contribution in [2.75, 3.05) is 26.8 Å². The Labute approximate surface area is 138 Å². The molecule has 0 bridgehead atoms. The molecule has 1 aliphatic heterocycles. The maximum atomic E-state index is 5.70. The molecule has 23 heavy (non-hydrogen) atoms. The van der Waals surface area contributed by atoms with Crippen LogP contribution in [0.25, 0.3) is 0 Å². The number of benzene rings is 1. The van der Waals surface area contributed by atoms with E-state index >= 15 is 0 Å². The van der Waals surface area contributed by atoms with E-state index in [4.69, 9.17) is 9.47 Å². The molecule has 2 atom stereocenters. The summed E-state index contributed by atoms with van der Waals surface area (Å²) in [5.41, 5.74) is 1.19. The summed E-state index contributed by atoms with van der Waals surface area (Å²) in [6.45, 7) is 8.73. The first-order valence-electron chi connectivity index (χ1n) is 8.37. The number of rotatable bonds is 4. The minimum Gasteiger partial charge on any atom is -0.486 e. The van der Waals surface area contributed by atoms with Crippen LogP contribution in [0, 0.1) is 5.92 Å². The lowest BCUT2D eigenvalue weighted by molar-refractivity contribution is 0.171. The summed E-state index contributed by atoms with van der Waals surface area (Å²) in [6, 6.07) is 6.78. The van der Waals surface area contributed by atoms with Crippen LogP contribution < -0.4 is 20.1 Å². The van der Waals surface area contributed by atoms with Crippen molar-refractivity contribution in [3.8, 4) is 11.5 Å². The average Bonchev–Trinajstić information content (AvgIpc) is 3.26. The van der Waals surface area contributed by atoms with E-state index in [9.17, 15) is 0 Å². The van der Waals surface area contributed by atoms with Gasteiger partial charge in [0.25, 0.3) is 0 Å². The van der Waals surface area contributed by atoms with Gasteiger partial charge in [-0.1, -0.05) is 26.8 Å². The van der Waals surface area contributed by atoms with Gasteiger partial charge in [0.1, 0.15) is 13.2 Å². The Hall–Kier alpha value is -1.91. The molecule has 0 saturated heterocycles. The number of fused-ring (bicyclic) bond motifs is 1. The zero-order valence-corrected chi connectivity index (χ0v) is 14.5. The molecule has 1 aromatic rings. The van der Waals surface area contributed by atoms with Crippen molar-refractivity contribution in [2.45, 2.75) is 38.6 Å². The Morgan fingerprint density at radius 2 is 1.96 bits per heavy atom. The third kappa shape index (κ3) is 3.71. The van der Waals surface area contributed by atoms with Crippen LogP contribution in [0.15, 0.2) is 23.2 Å². The van der Waals surface area contributed by atoms with E-state index in [1.807, 2.05) is 13.1 Å². The summed E-state index contributed by atoms with van der Waals surface area (Å²) in [7, 11) is 1.82. The molecule has 1 aliphatic carbocycles. The third-order valence-corrected chi connectivity index (χ3v) is 4.68. The van der Waals surface area contributed by atoms with Crippen LogP contribution in [0.3, 0.4) is 0 Å². The Morgan fingerprint density at radius 1 is 1.26 bits per heavy atom. The average molecular weight is 317 g/mol. The lowest BCUT2D eigenvalue weighted by Crippen LogP contribution is -2.44. The molecule has 1 saturated carbocycles. The van der Waals surface area contributed by atoms with E-state index in [1.54, 1.807) is 0 Å². The Bertz CT molecular complexity index is 598. The number of hydrogen-bond acceptors (Lipinski definition) is 3. The molecule has 0 radical (unpaired) electrons. The molecule has 1 fully saturated rings. The van der Waals surface area contributed by atoms with Gasteiger partial charge in [-0.3, -0.25) is 4.99 Å². The summed E-state index contributed by atoms with van der Waals surface area (Å²) >= 11 is 0. The highest BCUT2D eigenvalue weighted by molar-refractivity contribution is 5.80. The maximum Gasteiger partial charge on any atom is 0.191 e. The van der Waals surface area contributed by atoms with Gasteiger partial charge >= 0.3 is 0 Å². The minimum absolute atomic E-state index is 0.0391. The Morgan fingerprint density at radius 3 is 2.61 bits per heavy atom. The number of ether oxygens (including phenoxy) is 2. The molecule has 3 rings (SSSR count). The summed E-state index contributed by atoms with van der Waals surface area (Å²) in [6.07, 6.45) is 1.23. The van der Waals surface area contributed by atoms with Gasteiger partial charge in [0.05, 0.1) is 0 Å². The molecule has 0 amide bonds. The fourth-order valence-electron chi connectivity index (χ4n) is 2.76. The summed E-state index contributed by atoms with van der Waals surface area (Å²) in [5, 5.41) is 6.91. The Kier molecular flexibility index (Phi) is 4.37. The molecule has 5 heteroatoms. The highest BCUT2D eigenvalue weighted by Gasteiger charge is 2.33. The fraction of sp³-hybridized carbons (Fsp3) is 0.611. The van der Waals surface area contributed by atoms with Crippen LogP contribution >= 0.6 is 0 Å². The molecule has 2 N–H and O–H groups in total. The normalized spacial score (nSPS) is 23.4. The molecule has 0 aromatic heterocycles. The van der Waals surface area contributed by atoms with Crippen molar-refractivity contribution in [3.63, 3.8) is 0 Å². The fourth-order valence-corrected chi connectivity index (χ4v) is 2.76. The van der Waals surface area contributed by atoms with Gasteiger partial charge in [-0.2, -0.15) is 0 Å². The number of nitrogens with zero attached hydrogens (tertiary/aromatic N) is 1. The lowest BCUT2D eigenvalue weighted by Gasteiger charge is -2.28. The summed E-state index contributed by atoms with van der Waals surface area (Å²) in [5.74, 6) is 3.31. The molecule has 2 unspecified atom stereocenters. The number of guanidine groups is 1. The van der Waals surface area contributed by atoms with Gasteiger partial charge in [0.2, 0.25) is 0 Å². The van der Waals surface area contributed by atoms with Crippen molar-refractivity contribution in [1.82, 2.24) is 10.6 Å². The molecule has 2 aliphatic rings. The van der Waals surface area contributed by atoms with Gasteiger partial charge in [0, 0.05) is 25.0 Å².